The van der Waals surface area contributed by atoms with Crippen molar-refractivity contribution < 1.29 is 42.2 Å². The molecule has 0 fully saturated rings. The maximum absolute atomic E-state index is 11.1. The molecule has 2 rings (SSSR count). The molecule has 0 atom stereocenters. The quantitative estimate of drug-likeness (QED) is 0.431. The molecule has 0 unspecified atom stereocenters. The van der Waals surface area contributed by atoms with Crippen molar-refractivity contribution in [3.63, 3.8) is 0 Å². The van der Waals surface area contributed by atoms with Crippen LogP contribution in [0.15, 0.2) is 18.5 Å². The van der Waals surface area contributed by atoms with Gasteiger partial charge >= 0.3 is 0 Å². The molecule has 14 heavy (non-hydrogen) atoms. The van der Waals surface area contributed by atoms with Crippen LogP contribution in [0, 0.1) is 11.4 Å². The van der Waals surface area contributed by atoms with Gasteiger partial charge in [-0.25, -0.2) is 0 Å². The number of aromatic nitrogens is 2. The first-order chi connectivity index (χ1) is 6.22. The van der Waals surface area contributed by atoms with Gasteiger partial charge in [0.25, 0.3) is 0 Å². The largest absolute Gasteiger partial charge is 0.640 e. The molecule has 2 heterocycles. The summed E-state index contributed by atoms with van der Waals surface area (Å²) in [6, 6.07) is 1.89. The third kappa shape index (κ3) is 1.77. The van der Waals surface area contributed by atoms with Crippen molar-refractivity contribution in [2.75, 3.05) is 7.11 Å². The molecule has 4 nitrogen and oxygen atoms in total. The third-order valence-corrected chi connectivity index (χ3v) is 2.01. The molecule has 71 valence electrons. The number of aryl methyl sites for hydroxylation is 1. The Morgan fingerprint density at radius 1 is 1.57 bits per heavy atom. The number of nitrogens with zero attached hydrogens (tertiary/aromatic N) is 2. The van der Waals surface area contributed by atoms with Crippen molar-refractivity contribution in [3.05, 3.63) is 29.9 Å². The fraction of sp³-hybridized carbons (Fsp3) is 0.222. The number of pyridine rings is 1. The maximum atomic E-state index is 11.1. The first-order valence-corrected chi connectivity index (χ1v) is 3.87. The topological polar surface area (TPSA) is 41.1 Å². The summed E-state index contributed by atoms with van der Waals surface area (Å²) in [4.78, 5) is 0. The zero-order valence-corrected chi connectivity index (χ0v) is 10.9. The first-order valence-electron chi connectivity index (χ1n) is 3.87. The summed E-state index contributed by atoms with van der Waals surface area (Å²) in [6.07, 6.45) is 5.88. The fourth-order valence-electron chi connectivity index (χ4n) is 1.34. The molecule has 0 amide bonds. The molecule has 0 bridgehead atoms. The minimum absolute atomic E-state index is 0. The van der Waals surface area contributed by atoms with Crippen LogP contribution >= 0.6 is 0 Å². The standard InChI is InChI=1S/C9H9N2O2.Y/c1-10-4-3-7-8(10)5-11(12)6-9(7)13-2;/h3-4,6H,1-2H3;/q-1;. The number of fused-ring (bicyclic) bond motifs is 1. The minimum atomic E-state index is 0. The molecule has 2 aromatic rings. The van der Waals surface area contributed by atoms with Crippen molar-refractivity contribution in [2.45, 2.75) is 0 Å². The zero-order chi connectivity index (χ0) is 9.42. The third-order valence-electron chi connectivity index (χ3n) is 2.01. The summed E-state index contributed by atoms with van der Waals surface area (Å²) in [5.41, 5.74) is 0.745. The summed E-state index contributed by atoms with van der Waals surface area (Å²) in [6.45, 7) is 0. The van der Waals surface area contributed by atoms with Gasteiger partial charge in [0.15, 0.2) is 6.20 Å². The van der Waals surface area contributed by atoms with Gasteiger partial charge in [0.1, 0.15) is 6.20 Å². The van der Waals surface area contributed by atoms with Crippen LogP contribution in [0.2, 0.25) is 0 Å². The summed E-state index contributed by atoms with van der Waals surface area (Å²) in [5.74, 6) is 0.573. The van der Waals surface area contributed by atoms with Gasteiger partial charge in [-0.3, -0.25) is 4.73 Å². The average molecular weight is 266 g/mol. The molecule has 0 aliphatic carbocycles. The van der Waals surface area contributed by atoms with E-state index in [9.17, 15) is 5.21 Å². The number of rotatable bonds is 1. The predicted octanol–water partition coefficient (Wildman–Crippen LogP) is 0.618. The van der Waals surface area contributed by atoms with Gasteiger partial charge in [0.2, 0.25) is 0 Å². The van der Waals surface area contributed by atoms with E-state index < -0.39 is 0 Å². The van der Waals surface area contributed by atoms with Crippen LogP contribution in [0.25, 0.3) is 10.9 Å². The van der Waals surface area contributed by atoms with Crippen LogP contribution in [0.5, 0.6) is 5.75 Å². The molecule has 0 N–H and O–H groups in total. The van der Waals surface area contributed by atoms with E-state index in [2.05, 4.69) is 6.20 Å². The van der Waals surface area contributed by atoms with Crippen LogP contribution in [-0.2, 0) is 39.8 Å². The summed E-state index contributed by atoms with van der Waals surface area (Å²) in [5, 5.41) is 12.0. The van der Waals surface area contributed by atoms with Crippen LogP contribution in [0.3, 0.4) is 0 Å². The van der Waals surface area contributed by atoms with Crippen LogP contribution in [-0.4, -0.2) is 11.7 Å². The smallest absolute Gasteiger partial charge is 0.151 e. The Bertz CT molecular complexity index is 453. The average Bonchev–Trinajstić information content (AvgIpc) is 2.47. The Kier molecular flexibility index (Phi) is 3.50. The Morgan fingerprint density at radius 2 is 2.29 bits per heavy atom. The fourth-order valence-corrected chi connectivity index (χ4v) is 1.34. The molecular weight excluding hydrogens is 257 g/mol. The van der Waals surface area contributed by atoms with Gasteiger partial charge in [0.05, 0.1) is 12.9 Å². The van der Waals surface area contributed by atoms with E-state index >= 15 is 0 Å². The van der Waals surface area contributed by atoms with Crippen LogP contribution < -0.4 is 9.47 Å². The van der Waals surface area contributed by atoms with Crippen LogP contribution in [0.4, 0.5) is 0 Å². The van der Waals surface area contributed by atoms with Crippen LogP contribution in [0.1, 0.15) is 0 Å². The van der Waals surface area contributed by atoms with Gasteiger partial charge in [-0.1, -0.05) is 11.5 Å². The molecule has 0 aromatic carbocycles. The summed E-state index contributed by atoms with van der Waals surface area (Å²) < 4.78 is 7.52. The van der Waals surface area contributed by atoms with E-state index in [-0.39, 0.29) is 32.7 Å². The summed E-state index contributed by atoms with van der Waals surface area (Å²) >= 11 is 0. The molecule has 2 aromatic heterocycles. The second kappa shape index (κ2) is 4.28. The number of hydrogen-bond acceptors (Lipinski definition) is 2. The van der Waals surface area contributed by atoms with Gasteiger partial charge in [0, 0.05) is 45.3 Å². The second-order valence-corrected chi connectivity index (χ2v) is 2.82. The van der Waals surface area contributed by atoms with Crippen molar-refractivity contribution in [1.29, 1.82) is 0 Å². The van der Waals surface area contributed by atoms with E-state index in [0.717, 1.165) is 10.9 Å². The van der Waals surface area contributed by atoms with Crippen molar-refractivity contribution in [3.8, 4) is 5.75 Å². The Balaban J connectivity index is 0.000000980. The van der Waals surface area contributed by atoms with E-state index in [4.69, 9.17) is 4.74 Å². The molecule has 0 saturated carbocycles. The van der Waals surface area contributed by atoms with E-state index in [1.807, 2.05) is 23.9 Å². The second-order valence-electron chi connectivity index (χ2n) is 2.82. The minimum Gasteiger partial charge on any atom is -0.640 e. The van der Waals surface area contributed by atoms with E-state index in [1.165, 1.54) is 6.20 Å². The van der Waals surface area contributed by atoms with Gasteiger partial charge in [-0.15, -0.1) is 0 Å². The Morgan fingerprint density at radius 3 is 2.93 bits per heavy atom. The van der Waals surface area contributed by atoms with Crippen molar-refractivity contribution >= 4 is 10.9 Å². The molecule has 0 saturated heterocycles. The van der Waals surface area contributed by atoms with E-state index in [1.54, 1.807) is 7.11 Å². The van der Waals surface area contributed by atoms with Crippen molar-refractivity contribution in [2.24, 2.45) is 7.05 Å². The Labute approximate surface area is 107 Å². The molecule has 0 spiro atoms. The molecule has 1 radical (unpaired) electrons. The molecule has 0 aliphatic heterocycles. The van der Waals surface area contributed by atoms with Gasteiger partial charge in [-0.2, -0.15) is 0 Å². The Hall–Kier alpha value is -0.606. The number of hydrogen-bond donors (Lipinski definition) is 0. The predicted molar refractivity (Wildman–Crippen MR) is 47.3 cm³/mol. The number of ether oxygens (including phenoxy) is 1. The normalized spacial score (nSPS) is 9.86. The zero-order valence-electron chi connectivity index (χ0n) is 8.02. The summed E-state index contributed by atoms with van der Waals surface area (Å²) in [7, 11) is 3.40. The first kappa shape index (κ1) is 11.5. The molecular formula is C9H9N2O2Y-. The monoisotopic (exact) mass is 266 g/mol. The maximum Gasteiger partial charge on any atom is 0.151 e. The van der Waals surface area contributed by atoms with Gasteiger partial charge < -0.3 is 14.5 Å². The van der Waals surface area contributed by atoms with E-state index in [0.29, 0.717) is 10.5 Å². The van der Waals surface area contributed by atoms with Crippen molar-refractivity contribution in [1.82, 2.24) is 4.57 Å². The molecule has 5 heteroatoms. The molecule has 0 aliphatic rings. The SMILES string of the molecule is COc1c[n+]([O-])[c-]c2c1ccn2C.[Y]. The number of methoxy groups -OCH3 is 1. The van der Waals surface area contributed by atoms with Gasteiger partial charge in [-0.05, 0) is 6.20 Å².